The standard InChI is InChI=1S/C19H23NO4/c1-22-17-11-10-15(18(13-17)23-2)14-20-19(21)9-6-12-24-16-7-4-3-5-8-16/h3-5,7-8,10-11,13H,6,9,12,14H2,1-2H3,(H,20,21). The highest BCUT2D eigenvalue weighted by atomic mass is 16.5. The van der Waals surface area contributed by atoms with Crippen LogP contribution < -0.4 is 19.5 Å². The summed E-state index contributed by atoms with van der Waals surface area (Å²) in [5.74, 6) is 2.23. The molecule has 0 spiro atoms. The first kappa shape index (κ1) is 17.7. The Bertz CT molecular complexity index is 643. The lowest BCUT2D eigenvalue weighted by molar-refractivity contribution is -0.121. The molecule has 2 aromatic rings. The number of methoxy groups -OCH3 is 2. The Labute approximate surface area is 142 Å². The lowest BCUT2D eigenvalue weighted by Crippen LogP contribution is -2.23. The largest absolute Gasteiger partial charge is 0.497 e. The number of benzene rings is 2. The highest BCUT2D eigenvalue weighted by molar-refractivity contribution is 5.75. The predicted molar refractivity (Wildman–Crippen MR) is 92.6 cm³/mol. The summed E-state index contributed by atoms with van der Waals surface area (Å²) in [6, 6.07) is 15.1. The third kappa shape index (κ3) is 5.50. The molecule has 0 saturated heterocycles. The van der Waals surface area contributed by atoms with Gasteiger partial charge in [0, 0.05) is 24.6 Å². The van der Waals surface area contributed by atoms with E-state index in [1.54, 1.807) is 20.3 Å². The van der Waals surface area contributed by atoms with Crippen molar-refractivity contribution in [2.24, 2.45) is 0 Å². The summed E-state index contributed by atoms with van der Waals surface area (Å²) in [5.41, 5.74) is 0.909. The molecule has 0 bridgehead atoms. The molecule has 0 aliphatic heterocycles. The van der Waals surface area contributed by atoms with Gasteiger partial charge in [0.15, 0.2) is 0 Å². The zero-order chi connectivity index (χ0) is 17.2. The molecule has 0 aliphatic rings. The normalized spacial score (nSPS) is 10.1. The average Bonchev–Trinajstić information content (AvgIpc) is 2.64. The first-order chi connectivity index (χ1) is 11.7. The number of rotatable bonds is 9. The quantitative estimate of drug-likeness (QED) is 0.718. The molecule has 2 rings (SSSR count). The highest BCUT2D eigenvalue weighted by Crippen LogP contribution is 2.24. The molecule has 2 aromatic carbocycles. The van der Waals surface area contributed by atoms with Gasteiger partial charge in [-0.05, 0) is 30.7 Å². The minimum atomic E-state index is -0.00969. The van der Waals surface area contributed by atoms with E-state index in [2.05, 4.69) is 5.32 Å². The number of ether oxygens (including phenoxy) is 3. The zero-order valence-electron chi connectivity index (χ0n) is 14.1. The van der Waals surface area contributed by atoms with E-state index >= 15 is 0 Å². The molecule has 0 aromatic heterocycles. The maximum Gasteiger partial charge on any atom is 0.220 e. The molecule has 0 heterocycles. The predicted octanol–water partition coefficient (Wildman–Crippen LogP) is 3.18. The van der Waals surface area contributed by atoms with Gasteiger partial charge in [-0.3, -0.25) is 4.79 Å². The number of para-hydroxylation sites is 1. The first-order valence-electron chi connectivity index (χ1n) is 7.88. The molecule has 5 heteroatoms. The number of amides is 1. The Hall–Kier alpha value is -2.69. The molecule has 0 atom stereocenters. The molecule has 0 aliphatic carbocycles. The van der Waals surface area contributed by atoms with E-state index < -0.39 is 0 Å². The lowest BCUT2D eigenvalue weighted by atomic mass is 10.2. The van der Waals surface area contributed by atoms with Crippen LogP contribution in [0.5, 0.6) is 17.2 Å². The second kappa shape index (κ2) is 9.45. The van der Waals surface area contributed by atoms with Crippen molar-refractivity contribution >= 4 is 5.91 Å². The van der Waals surface area contributed by atoms with Gasteiger partial charge in [0.1, 0.15) is 17.2 Å². The number of nitrogens with one attached hydrogen (secondary N) is 1. The van der Waals surface area contributed by atoms with Crippen LogP contribution in [-0.4, -0.2) is 26.7 Å². The summed E-state index contributed by atoms with van der Waals surface area (Å²) in [5, 5.41) is 2.89. The second-order valence-corrected chi connectivity index (χ2v) is 5.22. The Balaban J connectivity index is 1.71. The van der Waals surface area contributed by atoms with Crippen molar-refractivity contribution in [1.29, 1.82) is 0 Å². The lowest BCUT2D eigenvalue weighted by Gasteiger charge is -2.11. The maximum atomic E-state index is 11.9. The van der Waals surface area contributed by atoms with Gasteiger partial charge in [-0.15, -0.1) is 0 Å². The van der Waals surface area contributed by atoms with Gasteiger partial charge < -0.3 is 19.5 Å². The molecular formula is C19H23NO4. The summed E-state index contributed by atoms with van der Waals surface area (Å²) in [4.78, 5) is 11.9. The molecule has 5 nitrogen and oxygen atoms in total. The van der Waals surface area contributed by atoms with Crippen LogP contribution in [0, 0.1) is 0 Å². The van der Waals surface area contributed by atoms with Crippen molar-refractivity contribution in [3.63, 3.8) is 0 Å². The van der Waals surface area contributed by atoms with Crippen LogP contribution in [-0.2, 0) is 11.3 Å². The van der Waals surface area contributed by atoms with E-state index in [4.69, 9.17) is 14.2 Å². The molecule has 1 N–H and O–H groups in total. The molecule has 1 amide bonds. The Kier molecular flexibility index (Phi) is 6.95. The van der Waals surface area contributed by atoms with Crippen molar-refractivity contribution in [2.45, 2.75) is 19.4 Å². The topological polar surface area (TPSA) is 56.8 Å². The number of hydrogen-bond acceptors (Lipinski definition) is 4. The minimum absolute atomic E-state index is 0.00969. The Morgan fingerprint density at radius 2 is 1.79 bits per heavy atom. The van der Waals surface area contributed by atoms with Crippen LogP contribution in [0.3, 0.4) is 0 Å². The SMILES string of the molecule is COc1ccc(CNC(=O)CCCOc2ccccc2)c(OC)c1. The monoisotopic (exact) mass is 329 g/mol. The van der Waals surface area contributed by atoms with E-state index in [9.17, 15) is 4.79 Å². The van der Waals surface area contributed by atoms with Crippen LogP contribution in [0.1, 0.15) is 18.4 Å². The van der Waals surface area contributed by atoms with E-state index in [0.29, 0.717) is 31.7 Å². The second-order valence-electron chi connectivity index (χ2n) is 5.22. The number of hydrogen-bond donors (Lipinski definition) is 1. The third-order valence-electron chi connectivity index (χ3n) is 3.53. The molecule has 0 saturated carbocycles. The van der Waals surface area contributed by atoms with Gasteiger partial charge in [0.25, 0.3) is 0 Å². The van der Waals surface area contributed by atoms with Crippen molar-refractivity contribution in [3.8, 4) is 17.2 Å². The van der Waals surface area contributed by atoms with Crippen molar-refractivity contribution < 1.29 is 19.0 Å². The van der Waals surface area contributed by atoms with Crippen LogP contribution in [0.2, 0.25) is 0 Å². The molecule has 0 unspecified atom stereocenters. The van der Waals surface area contributed by atoms with Crippen LogP contribution in [0.15, 0.2) is 48.5 Å². The van der Waals surface area contributed by atoms with E-state index in [-0.39, 0.29) is 5.91 Å². The third-order valence-corrected chi connectivity index (χ3v) is 3.53. The molecule has 128 valence electrons. The summed E-state index contributed by atoms with van der Waals surface area (Å²) in [6.45, 7) is 0.939. The fourth-order valence-corrected chi connectivity index (χ4v) is 2.22. The first-order valence-corrected chi connectivity index (χ1v) is 7.88. The van der Waals surface area contributed by atoms with Gasteiger partial charge in [-0.25, -0.2) is 0 Å². The summed E-state index contributed by atoms with van der Waals surface area (Å²) in [6.07, 6.45) is 1.09. The van der Waals surface area contributed by atoms with E-state index in [1.807, 2.05) is 42.5 Å². The summed E-state index contributed by atoms with van der Waals surface area (Å²) >= 11 is 0. The Morgan fingerprint density at radius 1 is 1.00 bits per heavy atom. The average molecular weight is 329 g/mol. The van der Waals surface area contributed by atoms with Gasteiger partial charge in [-0.2, -0.15) is 0 Å². The van der Waals surface area contributed by atoms with Crippen molar-refractivity contribution in [2.75, 3.05) is 20.8 Å². The minimum Gasteiger partial charge on any atom is -0.497 e. The number of carbonyl (C=O) groups is 1. The molecule has 24 heavy (non-hydrogen) atoms. The summed E-state index contributed by atoms with van der Waals surface area (Å²) in [7, 11) is 3.20. The summed E-state index contributed by atoms with van der Waals surface area (Å²) < 4.78 is 16.0. The maximum absolute atomic E-state index is 11.9. The fraction of sp³-hybridized carbons (Fsp3) is 0.316. The van der Waals surface area contributed by atoms with E-state index in [1.165, 1.54) is 0 Å². The molecule has 0 fully saturated rings. The van der Waals surface area contributed by atoms with Crippen molar-refractivity contribution in [3.05, 3.63) is 54.1 Å². The van der Waals surface area contributed by atoms with Gasteiger partial charge in [-0.1, -0.05) is 18.2 Å². The molecular weight excluding hydrogens is 306 g/mol. The smallest absolute Gasteiger partial charge is 0.220 e. The Morgan fingerprint density at radius 3 is 2.50 bits per heavy atom. The van der Waals surface area contributed by atoms with Crippen LogP contribution >= 0.6 is 0 Å². The van der Waals surface area contributed by atoms with Gasteiger partial charge >= 0.3 is 0 Å². The van der Waals surface area contributed by atoms with Crippen LogP contribution in [0.4, 0.5) is 0 Å². The zero-order valence-corrected chi connectivity index (χ0v) is 14.1. The fourth-order valence-electron chi connectivity index (χ4n) is 2.22. The van der Waals surface area contributed by atoms with Crippen LogP contribution in [0.25, 0.3) is 0 Å². The molecule has 0 radical (unpaired) electrons. The highest BCUT2D eigenvalue weighted by Gasteiger charge is 2.07. The van der Waals surface area contributed by atoms with Gasteiger partial charge in [0.05, 0.1) is 20.8 Å². The van der Waals surface area contributed by atoms with Gasteiger partial charge in [0.2, 0.25) is 5.91 Å². The number of carbonyl (C=O) groups excluding carboxylic acids is 1. The van der Waals surface area contributed by atoms with E-state index in [0.717, 1.165) is 17.1 Å². The van der Waals surface area contributed by atoms with Crippen molar-refractivity contribution in [1.82, 2.24) is 5.32 Å².